The van der Waals surface area contributed by atoms with Gasteiger partial charge in [0, 0.05) is 6.04 Å². The highest BCUT2D eigenvalue weighted by molar-refractivity contribution is 5.77. The molecule has 1 aromatic carbocycles. The third kappa shape index (κ3) is 1.87. The maximum atomic E-state index is 11.0. The van der Waals surface area contributed by atoms with Crippen LogP contribution >= 0.6 is 0 Å². The van der Waals surface area contributed by atoms with Crippen LogP contribution < -0.4 is 10.6 Å². The number of urea groups is 1. The van der Waals surface area contributed by atoms with Crippen LogP contribution in [0, 0.1) is 0 Å². The van der Waals surface area contributed by atoms with Crippen molar-refractivity contribution >= 4 is 6.03 Å². The van der Waals surface area contributed by atoms with Crippen molar-refractivity contribution in [3.63, 3.8) is 0 Å². The Hall–Kier alpha value is -1.51. The first-order valence-electron chi connectivity index (χ1n) is 4.86. The van der Waals surface area contributed by atoms with Gasteiger partial charge in [-0.3, -0.25) is 0 Å². The van der Waals surface area contributed by atoms with Gasteiger partial charge in [-0.05, 0) is 18.9 Å². The molecule has 1 aliphatic rings. The van der Waals surface area contributed by atoms with Gasteiger partial charge in [0.25, 0.3) is 0 Å². The molecule has 2 atom stereocenters. The van der Waals surface area contributed by atoms with E-state index in [-0.39, 0.29) is 18.1 Å². The Bertz CT molecular complexity index is 323. The molecule has 1 saturated heterocycles. The van der Waals surface area contributed by atoms with Crippen LogP contribution in [-0.4, -0.2) is 18.1 Å². The van der Waals surface area contributed by atoms with Crippen molar-refractivity contribution in [3.8, 4) is 0 Å². The molecule has 3 nitrogen and oxygen atoms in total. The van der Waals surface area contributed by atoms with Crippen LogP contribution in [0.4, 0.5) is 4.79 Å². The molecule has 1 aromatic rings. The zero-order chi connectivity index (χ0) is 9.97. The fourth-order valence-electron chi connectivity index (χ4n) is 1.74. The van der Waals surface area contributed by atoms with Crippen molar-refractivity contribution in [2.45, 2.75) is 25.4 Å². The number of rotatable bonds is 2. The van der Waals surface area contributed by atoms with Crippen LogP contribution in [0.25, 0.3) is 0 Å². The molecular weight excluding hydrogens is 176 g/mol. The second kappa shape index (κ2) is 3.70. The summed E-state index contributed by atoms with van der Waals surface area (Å²) in [4.78, 5) is 11.0. The Morgan fingerprint density at radius 1 is 1.21 bits per heavy atom. The minimum Gasteiger partial charge on any atom is -0.334 e. The molecule has 14 heavy (non-hydrogen) atoms. The first-order chi connectivity index (χ1) is 6.75. The molecule has 0 aromatic heterocycles. The van der Waals surface area contributed by atoms with Crippen molar-refractivity contribution in [1.82, 2.24) is 10.6 Å². The highest BCUT2D eigenvalue weighted by Crippen LogP contribution is 2.09. The largest absolute Gasteiger partial charge is 0.334 e. The van der Waals surface area contributed by atoms with Gasteiger partial charge in [0.05, 0.1) is 6.04 Å². The first-order valence-corrected chi connectivity index (χ1v) is 4.86. The van der Waals surface area contributed by atoms with E-state index in [4.69, 9.17) is 0 Å². The molecule has 1 fully saturated rings. The Balaban J connectivity index is 2.02. The van der Waals surface area contributed by atoms with Gasteiger partial charge in [0.1, 0.15) is 0 Å². The summed E-state index contributed by atoms with van der Waals surface area (Å²) in [5.41, 5.74) is 1.26. The SMILES string of the molecule is CC1NC(=O)NC1Cc1ccccc1. The molecule has 2 rings (SSSR count). The third-order valence-corrected chi connectivity index (χ3v) is 2.58. The van der Waals surface area contributed by atoms with E-state index in [2.05, 4.69) is 22.8 Å². The van der Waals surface area contributed by atoms with E-state index in [1.165, 1.54) is 5.56 Å². The summed E-state index contributed by atoms with van der Waals surface area (Å²) < 4.78 is 0. The molecule has 0 spiro atoms. The molecular formula is C11H14N2O. The van der Waals surface area contributed by atoms with Gasteiger partial charge in [-0.25, -0.2) is 4.79 Å². The molecule has 1 heterocycles. The van der Waals surface area contributed by atoms with Crippen LogP contribution in [0.2, 0.25) is 0 Å². The van der Waals surface area contributed by atoms with Gasteiger partial charge in [0.2, 0.25) is 0 Å². The first kappa shape index (κ1) is 9.06. The number of hydrogen-bond acceptors (Lipinski definition) is 1. The summed E-state index contributed by atoms with van der Waals surface area (Å²) in [7, 11) is 0. The summed E-state index contributed by atoms with van der Waals surface area (Å²) in [6.07, 6.45) is 0.890. The minimum absolute atomic E-state index is 0.0570. The predicted octanol–water partition coefficient (Wildman–Crippen LogP) is 1.30. The summed E-state index contributed by atoms with van der Waals surface area (Å²) in [5, 5.41) is 5.74. The molecule has 3 heteroatoms. The topological polar surface area (TPSA) is 41.1 Å². The molecule has 1 aliphatic heterocycles. The number of nitrogens with one attached hydrogen (secondary N) is 2. The van der Waals surface area contributed by atoms with Crippen molar-refractivity contribution in [3.05, 3.63) is 35.9 Å². The van der Waals surface area contributed by atoms with Gasteiger partial charge < -0.3 is 10.6 Å². The average Bonchev–Trinajstić information content (AvgIpc) is 2.47. The maximum absolute atomic E-state index is 11.0. The van der Waals surface area contributed by atoms with Gasteiger partial charge in [-0.15, -0.1) is 0 Å². The van der Waals surface area contributed by atoms with Crippen molar-refractivity contribution < 1.29 is 4.79 Å². The van der Waals surface area contributed by atoms with E-state index < -0.39 is 0 Å². The normalized spacial score (nSPS) is 25.6. The van der Waals surface area contributed by atoms with Gasteiger partial charge in [-0.2, -0.15) is 0 Å². The lowest BCUT2D eigenvalue weighted by Crippen LogP contribution is -2.32. The van der Waals surface area contributed by atoms with Gasteiger partial charge >= 0.3 is 6.03 Å². The molecule has 0 aliphatic carbocycles. The van der Waals surface area contributed by atoms with Crippen molar-refractivity contribution in [1.29, 1.82) is 0 Å². The average molecular weight is 190 g/mol. The van der Waals surface area contributed by atoms with E-state index in [9.17, 15) is 4.79 Å². The van der Waals surface area contributed by atoms with Crippen LogP contribution in [-0.2, 0) is 6.42 Å². The monoisotopic (exact) mass is 190 g/mol. The van der Waals surface area contributed by atoms with E-state index >= 15 is 0 Å². The number of carbonyl (C=O) groups excluding carboxylic acids is 1. The Morgan fingerprint density at radius 2 is 1.93 bits per heavy atom. The van der Waals surface area contributed by atoms with Crippen molar-refractivity contribution in [2.24, 2.45) is 0 Å². The lowest BCUT2D eigenvalue weighted by molar-refractivity contribution is 0.247. The zero-order valence-corrected chi connectivity index (χ0v) is 8.16. The maximum Gasteiger partial charge on any atom is 0.315 e. The fraction of sp³-hybridized carbons (Fsp3) is 0.364. The molecule has 2 amide bonds. The number of hydrogen-bond donors (Lipinski definition) is 2. The molecule has 0 radical (unpaired) electrons. The van der Waals surface area contributed by atoms with Crippen LogP contribution in [0.5, 0.6) is 0 Å². The highest BCUT2D eigenvalue weighted by Gasteiger charge is 2.27. The number of carbonyl (C=O) groups is 1. The number of amides is 2. The van der Waals surface area contributed by atoms with E-state index in [1.54, 1.807) is 0 Å². The Morgan fingerprint density at radius 3 is 2.50 bits per heavy atom. The fourth-order valence-corrected chi connectivity index (χ4v) is 1.74. The van der Waals surface area contributed by atoms with E-state index in [0.717, 1.165) is 6.42 Å². The highest BCUT2D eigenvalue weighted by atomic mass is 16.2. The predicted molar refractivity (Wildman–Crippen MR) is 55.1 cm³/mol. The number of benzene rings is 1. The molecule has 2 unspecified atom stereocenters. The third-order valence-electron chi connectivity index (χ3n) is 2.58. The summed E-state index contributed by atoms with van der Waals surface area (Å²) in [6.45, 7) is 2.02. The second-order valence-electron chi connectivity index (χ2n) is 3.70. The summed E-state index contributed by atoms with van der Waals surface area (Å²) in [6, 6.07) is 10.6. The summed E-state index contributed by atoms with van der Waals surface area (Å²) in [5.74, 6) is 0. The lowest BCUT2D eigenvalue weighted by Gasteiger charge is -2.13. The molecule has 2 N–H and O–H groups in total. The van der Waals surface area contributed by atoms with Gasteiger partial charge in [-0.1, -0.05) is 30.3 Å². The molecule has 0 bridgehead atoms. The van der Waals surface area contributed by atoms with Crippen molar-refractivity contribution in [2.75, 3.05) is 0 Å². The molecule has 74 valence electrons. The van der Waals surface area contributed by atoms with E-state index in [1.807, 2.05) is 25.1 Å². The molecule has 0 saturated carbocycles. The minimum atomic E-state index is -0.0570. The second-order valence-corrected chi connectivity index (χ2v) is 3.70. The summed E-state index contributed by atoms with van der Waals surface area (Å²) >= 11 is 0. The lowest BCUT2D eigenvalue weighted by atomic mass is 10.0. The standard InChI is InChI=1S/C11H14N2O/c1-8-10(13-11(14)12-8)7-9-5-3-2-4-6-9/h2-6,8,10H,7H2,1H3,(H2,12,13,14). The quantitative estimate of drug-likeness (QED) is 0.725. The van der Waals surface area contributed by atoms with Gasteiger partial charge in [0.15, 0.2) is 0 Å². The van der Waals surface area contributed by atoms with Crippen LogP contribution in [0.3, 0.4) is 0 Å². The Labute approximate surface area is 83.5 Å². The Kier molecular flexibility index (Phi) is 2.39. The van der Waals surface area contributed by atoms with Crippen LogP contribution in [0.15, 0.2) is 30.3 Å². The van der Waals surface area contributed by atoms with Crippen LogP contribution in [0.1, 0.15) is 12.5 Å². The smallest absolute Gasteiger partial charge is 0.315 e. The zero-order valence-electron chi connectivity index (χ0n) is 8.16. The van der Waals surface area contributed by atoms with E-state index in [0.29, 0.717) is 0 Å².